The summed E-state index contributed by atoms with van der Waals surface area (Å²) in [6, 6.07) is -0.873. The van der Waals surface area contributed by atoms with E-state index in [2.05, 4.69) is 10.3 Å². The summed E-state index contributed by atoms with van der Waals surface area (Å²) in [6.45, 7) is 11.6. The van der Waals surface area contributed by atoms with E-state index in [1.807, 2.05) is 34.6 Å². The third kappa shape index (κ3) is 4.27. The van der Waals surface area contributed by atoms with Crippen molar-refractivity contribution in [3.8, 4) is 0 Å². The molecular weight excluding hydrogens is 288 g/mol. The van der Waals surface area contributed by atoms with Crippen LogP contribution >= 0.6 is 11.3 Å². The van der Waals surface area contributed by atoms with E-state index in [1.165, 1.54) is 11.3 Å². The minimum absolute atomic E-state index is 0.123. The van der Waals surface area contributed by atoms with Crippen molar-refractivity contribution in [3.63, 3.8) is 0 Å². The number of hydrogen-bond acceptors (Lipinski definition) is 4. The summed E-state index contributed by atoms with van der Waals surface area (Å²) >= 11 is 1.33. The number of amides is 1. The van der Waals surface area contributed by atoms with Gasteiger partial charge in [0.25, 0.3) is 5.91 Å². The molecule has 0 saturated carbocycles. The van der Waals surface area contributed by atoms with Crippen molar-refractivity contribution in [2.75, 3.05) is 0 Å². The Balaban J connectivity index is 2.98. The highest BCUT2D eigenvalue weighted by molar-refractivity contribution is 7.14. The van der Waals surface area contributed by atoms with Crippen LogP contribution in [0.2, 0.25) is 0 Å². The average Bonchev–Trinajstić information content (AvgIpc) is 2.76. The van der Waals surface area contributed by atoms with Crippen LogP contribution in [0.25, 0.3) is 0 Å². The molecule has 0 spiro atoms. The molecule has 0 aliphatic carbocycles. The van der Waals surface area contributed by atoms with Crippen LogP contribution < -0.4 is 5.32 Å². The molecule has 118 valence electrons. The zero-order valence-corrected chi connectivity index (χ0v) is 14.3. The zero-order chi connectivity index (χ0) is 16.4. The standard InChI is InChI=1S/C15H24N2O3S/c1-7-8(2)10(13(19)20)17-12(18)11-9(3)16-14(21-11)15(4,5)6/h8,10H,7H2,1-6H3,(H,17,18)(H,19,20)/t8-,10-/m0/s1. The third-order valence-corrected chi connectivity index (χ3v) is 4.99. The predicted molar refractivity (Wildman–Crippen MR) is 83.9 cm³/mol. The third-order valence-electron chi connectivity index (χ3n) is 3.41. The van der Waals surface area contributed by atoms with Gasteiger partial charge >= 0.3 is 5.97 Å². The lowest BCUT2D eigenvalue weighted by atomic mass is 9.98. The van der Waals surface area contributed by atoms with Crippen LogP contribution in [0.5, 0.6) is 0 Å². The number of carboxylic acids is 1. The number of carbonyl (C=O) groups is 2. The minimum Gasteiger partial charge on any atom is -0.480 e. The van der Waals surface area contributed by atoms with Gasteiger partial charge in [-0.2, -0.15) is 0 Å². The minimum atomic E-state index is -1.00. The summed E-state index contributed by atoms with van der Waals surface area (Å²) in [5.74, 6) is -1.48. The number of rotatable bonds is 5. The van der Waals surface area contributed by atoms with Gasteiger partial charge in [-0.15, -0.1) is 11.3 Å². The molecule has 6 heteroatoms. The maximum Gasteiger partial charge on any atom is 0.326 e. The van der Waals surface area contributed by atoms with Gasteiger partial charge in [0.2, 0.25) is 0 Å². The van der Waals surface area contributed by atoms with Crippen molar-refractivity contribution in [3.05, 3.63) is 15.6 Å². The Bertz CT molecular complexity index is 532. The van der Waals surface area contributed by atoms with Gasteiger partial charge in [-0.3, -0.25) is 4.79 Å². The van der Waals surface area contributed by atoms with Crippen LogP contribution in [-0.4, -0.2) is 28.0 Å². The maximum absolute atomic E-state index is 12.3. The second-order valence-electron chi connectivity index (χ2n) is 6.36. The Morgan fingerprint density at radius 2 is 1.95 bits per heavy atom. The number of hydrogen-bond donors (Lipinski definition) is 2. The molecule has 1 rings (SSSR count). The number of aromatic nitrogens is 1. The molecule has 1 heterocycles. The molecule has 2 atom stereocenters. The number of carboxylic acid groups (broad SMARTS) is 1. The Labute approximate surface area is 129 Å². The fraction of sp³-hybridized carbons (Fsp3) is 0.667. The van der Waals surface area contributed by atoms with Gasteiger partial charge in [0, 0.05) is 5.41 Å². The van der Waals surface area contributed by atoms with Gasteiger partial charge in [-0.05, 0) is 12.8 Å². The quantitative estimate of drug-likeness (QED) is 0.876. The van der Waals surface area contributed by atoms with Gasteiger partial charge in [0.15, 0.2) is 0 Å². The monoisotopic (exact) mass is 312 g/mol. The molecule has 21 heavy (non-hydrogen) atoms. The lowest BCUT2D eigenvalue weighted by Crippen LogP contribution is -2.44. The fourth-order valence-electron chi connectivity index (χ4n) is 1.82. The lowest BCUT2D eigenvalue weighted by Gasteiger charge is -2.19. The van der Waals surface area contributed by atoms with Crippen LogP contribution in [0.4, 0.5) is 0 Å². The molecule has 5 nitrogen and oxygen atoms in total. The topological polar surface area (TPSA) is 79.3 Å². The van der Waals surface area contributed by atoms with Gasteiger partial charge in [-0.1, -0.05) is 41.0 Å². The molecule has 1 amide bonds. The van der Waals surface area contributed by atoms with Crippen LogP contribution in [0.1, 0.15) is 61.4 Å². The Morgan fingerprint density at radius 3 is 2.33 bits per heavy atom. The van der Waals surface area contributed by atoms with Crippen LogP contribution in [0, 0.1) is 12.8 Å². The molecule has 0 aromatic carbocycles. The molecular formula is C15H24N2O3S. The molecule has 0 aliphatic rings. The fourth-order valence-corrected chi connectivity index (χ4v) is 2.84. The molecule has 2 N–H and O–H groups in total. The maximum atomic E-state index is 12.3. The number of aryl methyl sites for hydroxylation is 1. The average molecular weight is 312 g/mol. The molecule has 0 radical (unpaired) electrons. The highest BCUT2D eigenvalue weighted by Gasteiger charge is 2.28. The van der Waals surface area contributed by atoms with Crippen LogP contribution in [-0.2, 0) is 10.2 Å². The summed E-state index contributed by atoms with van der Waals surface area (Å²) in [6.07, 6.45) is 0.687. The van der Waals surface area contributed by atoms with E-state index >= 15 is 0 Å². The molecule has 0 saturated heterocycles. The first kappa shape index (κ1) is 17.6. The van der Waals surface area contributed by atoms with E-state index in [1.54, 1.807) is 6.92 Å². The van der Waals surface area contributed by atoms with Gasteiger partial charge in [0.05, 0.1) is 10.7 Å². The summed E-state index contributed by atoms with van der Waals surface area (Å²) < 4.78 is 0. The van der Waals surface area contributed by atoms with Gasteiger partial charge in [-0.25, -0.2) is 9.78 Å². The number of carbonyl (C=O) groups excluding carboxylic acids is 1. The van der Waals surface area contributed by atoms with E-state index < -0.39 is 12.0 Å². The first-order valence-corrected chi connectivity index (χ1v) is 7.91. The van der Waals surface area contributed by atoms with Crippen molar-refractivity contribution >= 4 is 23.2 Å². The number of thiazole rings is 1. The van der Waals surface area contributed by atoms with Crippen LogP contribution in [0.15, 0.2) is 0 Å². The second kappa shape index (κ2) is 6.56. The van der Waals surface area contributed by atoms with Crippen molar-refractivity contribution in [1.82, 2.24) is 10.3 Å². The van der Waals surface area contributed by atoms with E-state index in [4.69, 9.17) is 0 Å². The second-order valence-corrected chi connectivity index (χ2v) is 7.36. The van der Waals surface area contributed by atoms with E-state index in [0.29, 0.717) is 17.0 Å². The first-order valence-electron chi connectivity index (χ1n) is 7.09. The molecule has 1 aromatic rings. The molecule has 0 aliphatic heterocycles. The highest BCUT2D eigenvalue weighted by Crippen LogP contribution is 2.29. The SMILES string of the molecule is CC[C@H](C)[C@H](NC(=O)c1sc(C(C)(C)C)nc1C)C(=O)O. The summed E-state index contributed by atoms with van der Waals surface area (Å²) in [5, 5.41) is 12.7. The van der Waals surface area contributed by atoms with Crippen molar-refractivity contribution in [2.24, 2.45) is 5.92 Å². The highest BCUT2D eigenvalue weighted by atomic mass is 32.1. The summed E-state index contributed by atoms with van der Waals surface area (Å²) in [4.78, 5) is 28.6. The van der Waals surface area contributed by atoms with Gasteiger partial charge in [0.1, 0.15) is 10.9 Å². The first-order chi connectivity index (χ1) is 9.57. The van der Waals surface area contributed by atoms with E-state index in [0.717, 1.165) is 5.01 Å². The summed E-state index contributed by atoms with van der Waals surface area (Å²) in [5.41, 5.74) is 0.521. The van der Waals surface area contributed by atoms with Gasteiger partial charge < -0.3 is 10.4 Å². The van der Waals surface area contributed by atoms with Crippen molar-refractivity contribution in [2.45, 2.75) is 59.4 Å². The Morgan fingerprint density at radius 1 is 1.38 bits per heavy atom. The lowest BCUT2D eigenvalue weighted by molar-refractivity contribution is -0.140. The van der Waals surface area contributed by atoms with Crippen LogP contribution in [0.3, 0.4) is 0 Å². The summed E-state index contributed by atoms with van der Waals surface area (Å²) in [7, 11) is 0. The zero-order valence-electron chi connectivity index (χ0n) is 13.5. The molecule has 0 fully saturated rings. The molecule has 0 unspecified atom stereocenters. The molecule has 0 bridgehead atoms. The number of nitrogens with one attached hydrogen (secondary N) is 1. The normalized spacial score (nSPS) is 14.6. The van der Waals surface area contributed by atoms with E-state index in [-0.39, 0.29) is 17.2 Å². The number of aliphatic carboxylic acids is 1. The smallest absolute Gasteiger partial charge is 0.326 e. The predicted octanol–water partition coefficient (Wildman–Crippen LogP) is 2.98. The van der Waals surface area contributed by atoms with Crippen molar-refractivity contribution in [1.29, 1.82) is 0 Å². The van der Waals surface area contributed by atoms with Crippen molar-refractivity contribution < 1.29 is 14.7 Å². The Hall–Kier alpha value is -1.43. The number of nitrogens with zero attached hydrogens (tertiary/aromatic N) is 1. The Kier molecular flexibility index (Phi) is 5.50. The van der Waals surface area contributed by atoms with E-state index in [9.17, 15) is 14.7 Å². The molecule has 1 aromatic heterocycles. The largest absolute Gasteiger partial charge is 0.480 e.